The van der Waals surface area contributed by atoms with Crippen molar-refractivity contribution in [3.8, 4) is 17.6 Å². The fourth-order valence-corrected chi connectivity index (χ4v) is 1.82. The summed E-state index contributed by atoms with van der Waals surface area (Å²) in [6.07, 6.45) is 0. The average molecular weight is 337 g/mol. The van der Waals surface area contributed by atoms with Crippen LogP contribution in [0, 0.1) is 27.3 Å². The summed E-state index contributed by atoms with van der Waals surface area (Å²) in [6.45, 7) is 0. The van der Waals surface area contributed by atoms with E-state index in [9.17, 15) is 14.5 Å². The molecule has 5 nitrogen and oxygen atoms in total. The van der Waals surface area contributed by atoms with Crippen LogP contribution in [-0.2, 0) is 0 Å². The normalized spacial score (nSPS) is 9.85. The van der Waals surface area contributed by atoms with E-state index < -0.39 is 10.7 Å². The predicted molar refractivity (Wildman–Crippen MR) is 72.0 cm³/mol. The zero-order valence-electron chi connectivity index (χ0n) is 9.84. The SMILES string of the molecule is N#Cc1ccc(Br)cc1Oc1ccc([N+](=O)[O-])cc1F. The first-order chi connectivity index (χ1) is 9.51. The first kappa shape index (κ1) is 14.0. The Morgan fingerprint density at radius 1 is 1.25 bits per heavy atom. The Morgan fingerprint density at radius 3 is 2.60 bits per heavy atom. The van der Waals surface area contributed by atoms with Gasteiger partial charge in [-0.15, -0.1) is 0 Å². The maximum absolute atomic E-state index is 13.7. The minimum atomic E-state index is -0.872. The Kier molecular flexibility index (Phi) is 3.96. The van der Waals surface area contributed by atoms with Crippen molar-refractivity contribution in [3.05, 3.63) is 62.4 Å². The Bertz CT molecular complexity index is 728. The van der Waals surface area contributed by atoms with Crippen molar-refractivity contribution in [2.75, 3.05) is 0 Å². The van der Waals surface area contributed by atoms with Gasteiger partial charge in [-0.3, -0.25) is 10.1 Å². The standard InChI is InChI=1S/C13H6BrFN2O3/c14-9-2-1-8(7-16)13(5-9)20-12-4-3-10(17(18)19)6-11(12)15/h1-6H. The van der Waals surface area contributed by atoms with Crippen molar-refractivity contribution >= 4 is 21.6 Å². The first-order valence-electron chi connectivity index (χ1n) is 5.32. The molecule has 2 rings (SSSR count). The lowest BCUT2D eigenvalue weighted by Gasteiger charge is -2.08. The van der Waals surface area contributed by atoms with Crippen molar-refractivity contribution in [2.24, 2.45) is 0 Å². The summed E-state index contributed by atoms with van der Waals surface area (Å²) in [7, 11) is 0. The maximum Gasteiger partial charge on any atom is 0.272 e. The smallest absolute Gasteiger partial charge is 0.272 e. The van der Waals surface area contributed by atoms with E-state index in [1.165, 1.54) is 12.1 Å². The van der Waals surface area contributed by atoms with Crippen LogP contribution >= 0.6 is 15.9 Å². The van der Waals surface area contributed by atoms with Gasteiger partial charge in [0.15, 0.2) is 11.6 Å². The monoisotopic (exact) mass is 336 g/mol. The van der Waals surface area contributed by atoms with Crippen LogP contribution in [0.3, 0.4) is 0 Å². The highest BCUT2D eigenvalue weighted by Crippen LogP contribution is 2.31. The molecule has 0 radical (unpaired) electrons. The van der Waals surface area contributed by atoms with E-state index >= 15 is 0 Å². The van der Waals surface area contributed by atoms with Crippen LogP contribution in [0.1, 0.15) is 5.56 Å². The number of nitro benzene ring substituents is 1. The molecule has 2 aromatic carbocycles. The third-order valence-electron chi connectivity index (χ3n) is 2.41. The van der Waals surface area contributed by atoms with Crippen LogP contribution in [-0.4, -0.2) is 4.92 Å². The molecule has 7 heteroatoms. The van der Waals surface area contributed by atoms with Crippen LogP contribution in [0.4, 0.5) is 10.1 Å². The molecule has 0 atom stereocenters. The Hall–Kier alpha value is -2.46. The van der Waals surface area contributed by atoms with Gasteiger partial charge in [-0.25, -0.2) is 4.39 Å². The molecule has 0 aromatic heterocycles. The number of hydrogen-bond donors (Lipinski definition) is 0. The lowest BCUT2D eigenvalue weighted by atomic mass is 10.2. The minimum Gasteiger partial charge on any atom is -0.453 e. The zero-order chi connectivity index (χ0) is 14.7. The molecule has 0 spiro atoms. The molecule has 0 aliphatic heterocycles. The molecular formula is C13H6BrFN2O3. The van der Waals surface area contributed by atoms with E-state index in [1.54, 1.807) is 6.07 Å². The van der Waals surface area contributed by atoms with E-state index in [2.05, 4.69) is 15.9 Å². The topological polar surface area (TPSA) is 76.2 Å². The molecule has 0 aliphatic rings. The van der Waals surface area contributed by atoms with Crippen molar-refractivity contribution in [3.63, 3.8) is 0 Å². The van der Waals surface area contributed by atoms with Gasteiger partial charge in [0.1, 0.15) is 11.8 Å². The molecule has 0 unspecified atom stereocenters. The van der Waals surface area contributed by atoms with Gasteiger partial charge in [-0.1, -0.05) is 15.9 Å². The summed E-state index contributed by atoms with van der Waals surface area (Å²) >= 11 is 3.22. The van der Waals surface area contributed by atoms with E-state index in [0.717, 1.165) is 18.2 Å². The van der Waals surface area contributed by atoms with Gasteiger partial charge in [0, 0.05) is 10.5 Å². The van der Waals surface area contributed by atoms with Gasteiger partial charge in [0.2, 0.25) is 0 Å². The van der Waals surface area contributed by atoms with Crippen LogP contribution in [0.25, 0.3) is 0 Å². The van der Waals surface area contributed by atoms with E-state index in [-0.39, 0.29) is 22.7 Å². The van der Waals surface area contributed by atoms with Gasteiger partial charge >= 0.3 is 0 Å². The number of rotatable bonds is 3. The fraction of sp³-hybridized carbons (Fsp3) is 0. The lowest BCUT2D eigenvalue weighted by molar-refractivity contribution is -0.385. The Morgan fingerprint density at radius 2 is 2.00 bits per heavy atom. The highest BCUT2D eigenvalue weighted by atomic mass is 79.9. The second-order valence-corrected chi connectivity index (χ2v) is 4.64. The van der Waals surface area contributed by atoms with Crippen molar-refractivity contribution in [2.45, 2.75) is 0 Å². The summed E-state index contributed by atoms with van der Waals surface area (Å²) in [5.41, 5.74) is -0.143. The number of halogens is 2. The summed E-state index contributed by atoms with van der Waals surface area (Å²) in [5, 5.41) is 19.5. The molecule has 20 heavy (non-hydrogen) atoms. The first-order valence-corrected chi connectivity index (χ1v) is 6.12. The van der Waals surface area contributed by atoms with Gasteiger partial charge < -0.3 is 4.74 Å². The number of nitrogens with zero attached hydrogens (tertiary/aromatic N) is 2. The molecule has 0 saturated heterocycles. The number of nitro groups is 1. The average Bonchev–Trinajstić information content (AvgIpc) is 2.41. The quantitative estimate of drug-likeness (QED) is 0.622. The molecule has 0 fully saturated rings. The summed E-state index contributed by atoms with van der Waals surface area (Å²) in [5.74, 6) is -0.900. The Balaban J connectivity index is 2.38. The molecular weight excluding hydrogens is 331 g/mol. The summed E-state index contributed by atoms with van der Waals surface area (Å²) < 4.78 is 19.7. The molecule has 0 saturated carbocycles. The highest BCUT2D eigenvalue weighted by Gasteiger charge is 2.14. The van der Waals surface area contributed by atoms with Crippen LogP contribution in [0.2, 0.25) is 0 Å². The third kappa shape index (κ3) is 2.92. The maximum atomic E-state index is 13.7. The van der Waals surface area contributed by atoms with Crippen molar-refractivity contribution < 1.29 is 14.1 Å². The van der Waals surface area contributed by atoms with Crippen LogP contribution < -0.4 is 4.74 Å². The number of benzene rings is 2. The van der Waals surface area contributed by atoms with Crippen molar-refractivity contribution in [1.29, 1.82) is 5.26 Å². The minimum absolute atomic E-state index is 0.162. The number of ether oxygens (including phenoxy) is 1. The number of nitriles is 1. The Labute approximate surface area is 121 Å². The third-order valence-corrected chi connectivity index (χ3v) is 2.90. The second-order valence-electron chi connectivity index (χ2n) is 3.73. The predicted octanol–water partition coefficient (Wildman–Crippen LogP) is 4.16. The van der Waals surface area contributed by atoms with Gasteiger partial charge in [-0.2, -0.15) is 5.26 Å². The van der Waals surface area contributed by atoms with Crippen LogP contribution in [0.5, 0.6) is 11.5 Å². The second kappa shape index (κ2) is 5.67. The van der Waals surface area contributed by atoms with E-state index in [1.807, 2.05) is 6.07 Å². The molecule has 0 amide bonds. The van der Waals surface area contributed by atoms with Crippen molar-refractivity contribution in [1.82, 2.24) is 0 Å². The molecule has 0 aliphatic carbocycles. The highest BCUT2D eigenvalue weighted by molar-refractivity contribution is 9.10. The fourth-order valence-electron chi connectivity index (χ4n) is 1.48. The van der Waals surface area contributed by atoms with Crippen LogP contribution in [0.15, 0.2) is 40.9 Å². The molecule has 0 bridgehead atoms. The van der Waals surface area contributed by atoms with Gasteiger partial charge in [0.05, 0.1) is 16.6 Å². The molecule has 100 valence electrons. The van der Waals surface area contributed by atoms with Gasteiger partial charge in [-0.05, 0) is 24.3 Å². The molecule has 0 heterocycles. The van der Waals surface area contributed by atoms with E-state index in [4.69, 9.17) is 10.00 Å². The number of hydrogen-bond acceptors (Lipinski definition) is 4. The van der Waals surface area contributed by atoms with E-state index in [0.29, 0.717) is 4.47 Å². The molecule has 2 aromatic rings. The lowest BCUT2D eigenvalue weighted by Crippen LogP contribution is -1.94. The summed E-state index contributed by atoms with van der Waals surface area (Å²) in [6, 6.07) is 9.63. The van der Waals surface area contributed by atoms with Gasteiger partial charge in [0.25, 0.3) is 5.69 Å². The molecule has 0 N–H and O–H groups in total. The largest absolute Gasteiger partial charge is 0.453 e. The zero-order valence-corrected chi connectivity index (χ0v) is 11.4. The number of non-ortho nitro benzene ring substituents is 1. The summed E-state index contributed by atoms with van der Waals surface area (Å²) in [4.78, 5) is 9.81.